The number of hydrogen-bond donors (Lipinski definition) is 3. The number of anilines is 1. The van der Waals surface area contributed by atoms with Crippen LogP contribution in [0.25, 0.3) is 22.2 Å². The van der Waals surface area contributed by atoms with Gasteiger partial charge in [-0.3, -0.25) is 24.7 Å². The molecule has 0 radical (unpaired) electrons. The summed E-state index contributed by atoms with van der Waals surface area (Å²) in [7, 11) is 0. The highest BCUT2D eigenvalue weighted by Gasteiger charge is 2.39. The molecule has 9 rings (SSSR count). The Morgan fingerprint density at radius 2 is 1.82 bits per heavy atom. The van der Waals surface area contributed by atoms with Crippen LogP contribution in [0.15, 0.2) is 102 Å². The zero-order valence-corrected chi connectivity index (χ0v) is 38.1. The summed E-state index contributed by atoms with van der Waals surface area (Å²) in [5.41, 5.74) is 5.35. The first-order valence-corrected chi connectivity index (χ1v) is 23.7. The molecule has 5 heterocycles. The fraction of sp³-hybridized carbons (Fsp3) is 0.388. The molecule has 2 aromatic heterocycles. The van der Waals surface area contributed by atoms with Gasteiger partial charge in [0, 0.05) is 55.9 Å². The van der Waals surface area contributed by atoms with Gasteiger partial charge in [0.05, 0.1) is 42.0 Å². The van der Waals surface area contributed by atoms with Crippen LogP contribution < -0.4 is 14.8 Å². The minimum atomic E-state index is -2.20. The van der Waals surface area contributed by atoms with E-state index in [1.165, 1.54) is 28.8 Å². The summed E-state index contributed by atoms with van der Waals surface area (Å²) in [5, 5.41) is 16.7. The van der Waals surface area contributed by atoms with Crippen LogP contribution in [-0.4, -0.2) is 99.3 Å². The molecule has 340 valence electrons. The Morgan fingerprint density at radius 1 is 1.03 bits per heavy atom. The van der Waals surface area contributed by atoms with Crippen molar-refractivity contribution < 1.29 is 28.1 Å². The minimum Gasteiger partial charge on any atom is -0.588 e. The number of aromatic amines is 1. The van der Waals surface area contributed by atoms with E-state index in [1.807, 2.05) is 36.4 Å². The molecule has 3 aromatic carbocycles. The number of H-pyrrole nitrogens is 1. The van der Waals surface area contributed by atoms with Crippen LogP contribution in [0.1, 0.15) is 73.9 Å². The Hall–Kier alpha value is -5.29. The molecular formula is C49H53ClFN7O6S. The number of hydrogen-bond acceptors (Lipinski definition) is 10. The molecule has 3 N–H and O–H groups in total. The fourth-order valence-corrected chi connectivity index (χ4v) is 10.2. The lowest BCUT2D eigenvalue weighted by atomic mass is 9.72. The number of piperidine rings is 1. The number of nitro groups is 1. The van der Waals surface area contributed by atoms with E-state index in [1.54, 1.807) is 18.5 Å². The van der Waals surface area contributed by atoms with Crippen LogP contribution in [0.4, 0.5) is 15.8 Å². The lowest BCUT2D eigenvalue weighted by Crippen LogP contribution is -2.55. The van der Waals surface area contributed by atoms with E-state index in [0.717, 1.165) is 72.9 Å². The average Bonchev–Trinajstić information content (AvgIpc) is 3.75. The van der Waals surface area contributed by atoms with Crippen LogP contribution >= 0.6 is 11.6 Å². The first-order valence-electron chi connectivity index (χ1n) is 22.2. The molecule has 3 aliphatic heterocycles. The van der Waals surface area contributed by atoms with E-state index in [2.05, 4.69) is 61.9 Å². The van der Waals surface area contributed by atoms with Gasteiger partial charge in [0.1, 0.15) is 39.9 Å². The van der Waals surface area contributed by atoms with Crippen molar-refractivity contribution in [2.45, 2.75) is 69.0 Å². The summed E-state index contributed by atoms with van der Waals surface area (Å²) in [4.78, 5) is 37.8. The van der Waals surface area contributed by atoms with Crippen LogP contribution in [-0.2, 0) is 16.1 Å². The van der Waals surface area contributed by atoms with Crippen molar-refractivity contribution in [3.63, 3.8) is 0 Å². The molecule has 1 unspecified atom stereocenters. The molecule has 0 bridgehead atoms. The number of nitro benzene ring substituents is 1. The second-order valence-corrected chi connectivity index (χ2v) is 20.1. The van der Waals surface area contributed by atoms with E-state index in [0.29, 0.717) is 56.6 Å². The summed E-state index contributed by atoms with van der Waals surface area (Å²) >= 11 is 4.05. The van der Waals surface area contributed by atoms with Crippen molar-refractivity contribution in [1.82, 2.24) is 24.5 Å². The molecule has 4 aliphatic rings. The average molecular weight is 923 g/mol. The van der Waals surface area contributed by atoms with E-state index in [4.69, 9.17) is 21.1 Å². The monoisotopic (exact) mass is 921 g/mol. The van der Waals surface area contributed by atoms with Gasteiger partial charge in [-0.25, -0.2) is 9.37 Å². The van der Waals surface area contributed by atoms with Gasteiger partial charge in [-0.15, -0.1) is 0 Å². The minimum absolute atomic E-state index is 0.00712. The second kappa shape index (κ2) is 18.9. The Morgan fingerprint density at radius 3 is 2.54 bits per heavy atom. The number of nitrogens with zero attached hydrogens (tertiary/aromatic N) is 4. The number of aromatic nitrogens is 2. The summed E-state index contributed by atoms with van der Waals surface area (Å²) in [6.45, 7) is 9.55. The maximum atomic E-state index is 15.8. The van der Waals surface area contributed by atoms with Crippen molar-refractivity contribution in [2.75, 3.05) is 57.8 Å². The largest absolute Gasteiger partial charge is 0.588 e. The van der Waals surface area contributed by atoms with E-state index >= 15 is 4.39 Å². The molecule has 13 nitrogen and oxygen atoms in total. The number of carbonyl (C=O) groups is 1. The van der Waals surface area contributed by atoms with Crippen molar-refractivity contribution in [1.29, 1.82) is 0 Å². The van der Waals surface area contributed by atoms with Crippen molar-refractivity contribution >= 4 is 62.4 Å². The van der Waals surface area contributed by atoms with E-state index in [-0.39, 0.29) is 39.5 Å². The number of fused-ring (bicyclic) bond motifs is 1. The van der Waals surface area contributed by atoms with Gasteiger partial charge in [-0.1, -0.05) is 55.3 Å². The molecule has 0 spiro atoms. The first-order chi connectivity index (χ1) is 31.3. The van der Waals surface area contributed by atoms with Crippen LogP contribution in [0.5, 0.6) is 11.5 Å². The summed E-state index contributed by atoms with van der Waals surface area (Å²) in [6.07, 6.45) is 10.2. The molecule has 65 heavy (non-hydrogen) atoms. The molecular weight excluding hydrogens is 869 g/mol. The van der Waals surface area contributed by atoms with Crippen molar-refractivity contribution in [2.24, 2.45) is 5.41 Å². The highest BCUT2D eigenvalue weighted by molar-refractivity contribution is 7.90. The summed E-state index contributed by atoms with van der Waals surface area (Å²) < 4.78 is 43.7. The molecule has 1 amide bonds. The number of nitrogens with one attached hydrogen (secondary N) is 3. The Bertz CT molecular complexity index is 2640. The molecule has 2 fully saturated rings. The van der Waals surface area contributed by atoms with Gasteiger partial charge in [0.15, 0.2) is 4.90 Å². The number of carbonyl (C=O) groups excluding carboxylic acids is 1. The number of amides is 1. The fourth-order valence-electron chi connectivity index (χ4n) is 9.23. The third kappa shape index (κ3) is 10.4. The second-order valence-electron chi connectivity index (χ2n) is 18.4. The number of benzene rings is 3. The highest BCUT2D eigenvalue weighted by atomic mass is 35.5. The number of alkyl halides is 1. The topological polar surface area (TPSA) is 161 Å². The number of ether oxygens (including phenoxy) is 2. The number of rotatable bonds is 14. The predicted octanol–water partition coefficient (Wildman–Crippen LogP) is 9.74. The number of halogens is 2. The van der Waals surface area contributed by atoms with Crippen LogP contribution in [0.2, 0.25) is 5.02 Å². The number of likely N-dealkylation sites (tertiary alicyclic amines) is 1. The maximum absolute atomic E-state index is 15.8. The normalized spacial score (nSPS) is 19.6. The SMILES string of the molecule is CC1(C)CCC(CN2CC=C(c3ccc(C(=O)N[S+]([O-])c4ccc(NCC5(F)CCN(C6COC6)CC5)c([N+](=O)[O-])c4)c(Oc4cnc5[nH]ccc5c4)c3)CC2)=C(c2ccc(Cl)cc2)C1. The van der Waals surface area contributed by atoms with Crippen LogP contribution in [0.3, 0.4) is 0 Å². The maximum Gasteiger partial charge on any atom is 0.297 e. The third-order valence-corrected chi connectivity index (χ3v) is 14.6. The number of pyridine rings is 1. The van der Waals surface area contributed by atoms with Gasteiger partial charge in [0.25, 0.3) is 11.6 Å². The number of allylic oxidation sites excluding steroid dienone is 1. The zero-order valence-electron chi connectivity index (χ0n) is 36.5. The quantitative estimate of drug-likeness (QED) is 0.0556. The van der Waals surface area contributed by atoms with Gasteiger partial charge < -0.3 is 24.3 Å². The third-order valence-electron chi connectivity index (χ3n) is 13.3. The standard InChI is InChI=1S/C49H53ClFN7O6S/c1-48(2)15-11-36(42(26-48)33-3-6-37(50)7-4-33)28-56-19-13-32(14-20-56)34-5-9-41(45(24-34)64-39-23-35-12-18-52-46(35)53-27-39)47(59)55-65(62)40-8-10-43(44(25-40)58(60)61)54-31-49(51)16-21-57(22-17-49)38-29-63-30-38/h3-10,12-13,18,23-25,27,38,54H,11,14-17,19-22,26,28-31H2,1-2H3,(H,52,53)(H,55,59). The summed E-state index contributed by atoms with van der Waals surface area (Å²) in [5.74, 6) is -0.0631. The molecule has 1 atom stereocenters. The predicted molar refractivity (Wildman–Crippen MR) is 252 cm³/mol. The lowest BCUT2D eigenvalue weighted by molar-refractivity contribution is -0.384. The Labute approximate surface area is 385 Å². The van der Waals surface area contributed by atoms with Crippen LogP contribution in [0, 0.1) is 15.5 Å². The Balaban J connectivity index is 0.907. The summed E-state index contributed by atoms with van der Waals surface area (Å²) in [6, 6.07) is 21.5. The zero-order chi connectivity index (χ0) is 45.3. The van der Waals surface area contributed by atoms with E-state index < -0.39 is 27.9 Å². The van der Waals surface area contributed by atoms with Gasteiger partial charge >= 0.3 is 0 Å². The smallest absolute Gasteiger partial charge is 0.297 e. The first kappa shape index (κ1) is 44.9. The molecule has 2 saturated heterocycles. The van der Waals surface area contributed by atoms with E-state index in [9.17, 15) is 19.5 Å². The molecule has 5 aromatic rings. The molecule has 0 saturated carbocycles. The highest BCUT2D eigenvalue weighted by Crippen LogP contribution is 2.44. The lowest BCUT2D eigenvalue weighted by Gasteiger charge is -2.43. The molecule has 16 heteroatoms. The van der Waals surface area contributed by atoms with Gasteiger partial charge in [-0.2, -0.15) is 4.72 Å². The van der Waals surface area contributed by atoms with Crippen molar-refractivity contribution in [3.8, 4) is 11.5 Å². The van der Waals surface area contributed by atoms with Crippen molar-refractivity contribution in [3.05, 3.63) is 129 Å². The Kier molecular flexibility index (Phi) is 13.1. The van der Waals surface area contributed by atoms with Gasteiger partial charge in [-0.05, 0) is 115 Å². The van der Waals surface area contributed by atoms with Gasteiger partial charge in [0.2, 0.25) is 0 Å². The molecule has 1 aliphatic carbocycles.